The molecule has 0 atom stereocenters. The van der Waals surface area contributed by atoms with Crippen LogP contribution in [0.5, 0.6) is 0 Å². The summed E-state index contributed by atoms with van der Waals surface area (Å²) >= 11 is 7.50. The molecule has 6 nitrogen and oxygen atoms in total. The van der Waals surface area contributed by atoms with E-state index < -0.39 is 0 Å². The van der Waals surface area contributed by atoms with E-state index in [-0.39, 0.29) is 0 Å². The van der Waals surface area contributed by atoms with Crippen molar-refractivity contribution >= 4 is 22.9 Å². The van der Waals surface area contributed by atoms with Gasteiger partial charge in [-0.3, -0.25) is 5.10 Å². The van der Waals surface area contributed by atoms with Crippen molar-refractivity contribution in [2.24, 2.45) is 0 Å². The molecule has 0 aliphatic carbocycles. The average molecular weight is 386 g/mol. The third-order valence-corrected chi connectivity index (χ3v) is 5.07. The Morgan fingerprint density at radius 3 is 2.65 bits per heavy atom. The van der Waals surface area contributed by atoms with Crippen LogP contribution in [-0.4, -0.2) is 39.3 Å². The van der Waals surface area contributed by atoms with E-state index in [4.69, 9.17) is 16.1 Å². The number of nitrogens with one attached hydrogen (secondary N) is 1. The van der Waals surface area contributed by atoms with Crippen molar-refractivity contribution in [2.75, 3.05) is 14.1 Å². The zero-order valence-corrected chi connectivity index (χ0v) is 15.8. The number of benzene rings is 1. The molecule has 0 amide bonds. The number of nitrogens with zero attached hydrogens (tertiary/aromatic N) is 4. The smallest absolute Gasteiger partial charge is 0.262 e. The van der Waals surface area contributed by atoms with Crippen molar-refractivity contribution in [2.45, 2.75) is 6.54 Å². The summed E-state index contributed by atoms with van der Waals surface area (Å²) in [6.45, 7) is 0.888. The zero-order valence-electron chi connectivity index (χ0n) is 14.2. The van der Waals surface area contributed by atoms with Crippen LogP contribution in [0.4, 0.5) is 0 Å². The van der Waals surface area contributed by atoms with Gasteiger partial charge < -0.3 is 9.42 Å². The van der Waals surface area contributed by atoms with Gasteiger partial charge in [0.15, 0.2) is 0 Å². The molecule has 0 fully saturated rings. The lowest BCUT2D eigenvalue weighted by molar-refractivity contribution is 0.402. The van der Waals surface area contributed by atoms with E-state index in [1.54, 1.807) is 6.20 Å². The minimum absolute atomic E-state index is 0.422. The molecule has 4 rings (SSSR count). The Morgan fingerprint density at radius 1 is 1.15 bits per heavy atom. The van der Waals surface area contributed by atoms with E-state index in [0.717, 1.165) is 28.2 Å². The molecule has 0 saturated heterocycles. The van der Waals surface area contributed by atoms with Crippen molar-refractivity contribution in [3.8, 4) is 33.4 Å². The van der Waals surface area contributed by atoms with Crippen LogP contribution in [0.2, 0.25) is 4.34 Å². The number of hydrogen-bond donors (Lipinski definition) is 1. The Hall–Kier alpha value is -2.48. The molecular weight excluding hydrogens is 370 g/mol. The number of halogens is 1. The summed E-state index contributed by atoms with van der Waals surface area (Å²) in [6, 6.07) is 11.9. The number of rotatable bonds is 5. The maximum Gasteiger partial charge on any atom is 0.262 e. The predicted molar refractivity (Wildman–Crippen MR) is 103 cm³/mol. The summed E-state index contributed by atoms with van der Waals surface area (Å²) in [7, 11) is 4.09. The van der Waals surface area contributed by atoms with Crippen LogP contribution >= 0.6 is 22.9 Å². The number of aromatic amines is 1. The maximum absolute atomic E-state index is 6.03. The summed E-state index contributed by atoms with van der Waals surface area (Å²) in [6.07, 6.45) is 1.68. The van der Waals surface area contributed by atoms with Crippen LogP contribution in [-0.2, 0) is 6.54 Å². The molecule has 0 saturated carbocycles. The van der Waals surface area contributed by atoms with E-state index in [1.165, 1.54) is 16.9 Å². The first-order valence-corrected chi connectivity index (χ1v) is 9.17. The Morgan fingerprint density at radius 2 is 1.96 bits per heavy atom. The largest absolute Gasteiger partial charge is 0.333 e. The van der Waals surface area contributed by atoms with E-state index in [1.807, 2.05) is 38.4 Å². The second kappa shape index (κ2) is 7.03. The molecule has 132 valence electrons. The van der Waals surface area contributed by atoms with Gasteiger partial charge in [0.2, 0.25) is 5.82 Å². The maximum atomic E-state index is 6.03. The van der Waals surface area contributed by atoms with Crippen LogP contribution < -0.4 is 0 Å². The number of aromatic nitrogens is 4. The van der Waals surface area contributed by atoms with Gasteiger partial charge >= 0.3 is 0 Å². The first-order chi connectivity index (χ1) is 12.6. The fourth-order valence-corrected chi connectivity index (χ4v) is 3.71. The topological polar surface area (TPSA) is 70.8 Å². The second-order valence-corrected chi connectivity index (χ2v) is 7.84. The Bertz CT molecular complexity index is 1020. The quantitative estimate of drug-likeness (QED) is 0.544. The second-order valence-electron chi connectivity index (χ2n) is 6.12. The third kappa shape index (κ3) is 3.41. The van der Waals surface area contributed by atoms with Gasteiger partial charge in [0, 0.05) is 12.1 Å². The first kappa shape index (κ1) is 17.0. The number of H-pyrrole nitrogens is 1. The van der Waals surface area contributed by atoms with Crippen LogP contribution in [0, 0.1) is 0 Å². The molecule has 26 heavy (non-hydrogen) atoms. The summed E-state index contributed by atoms with van der Waals surface area (Å²) < 4.78 is 6.18. The normalized spacial score (nSPS) is 11.4. The first-order valence-electron chi connectivity index (χ1n) is 7.97. The lowest BCUT2D eigenvalue weighted by Crippen LogP contribution is -2.10. The van der Waals surface area contributed by atoms with Gasteiger partial charge in [0.05, 0.1) is 26.7 Å². The summed E-state index contributed by atoms with van der Waals surface area (Å²) in [5.41, 5.74) is 3.71. The highest BCUT2D eigenvalue weighted by atomic mass is 35.5. The Labute approximate surface area is 159 Å². The Kier molecular flexibility index (Phi) is 4.58. The van der Waals surface area contributed by atoms with Crippen LogP contribution in [0.1, 0.15) is 5.56 Å². The van der Waals surface area contributed by atoms with E-state index in [9.17, 15) is 0 Å². The lowest BCUT2D eigenvalue weighted by atomic mass is 10.1. The predicted octanol–water partition coefficient (Wildman–Crippen LogP) is 4.57. The van der Waals surface area contributed by atoms with Crippen molar-refractivity contribution in [3.05, 3.63) is 52.5 Å². The minimum atomic E-state index is 0.422. The SMILES string of the molecule is CN(C)Cc1ccc(-c2noc(-c3cn[nH]c3-c3ccc(Cl)s3)n2)cc1. The molecule has 1 aromatic carbocycles. The zero-order chi connectivity index (χ0) is 18.1. The van der Waals surface area contributed by atoms with Crippen molar-refractivity contribution in [1.29, 1.82) is 0 Å². The molecule has 1 N–H and O–H groups in total. The van der Waals surface area contributed by atoms with E-state index in [2.05, 4.69) is 37.4 Å². The highest BCUT2D eigenvalue weighted by Crippen LogP contribution is 2.35. The average Bonchev–Trinajstić information content (AvgIpc) is 3.34. The minimum Gasteiger partial charge on any atom is -0.333 e. The Balaban J connectivity index is 1.62. The molecule has 0 aliphatic heterocycles. The summed E-state index contributed by atoms with van der Waals surface area (Å²) in [4.78, 5) is 7.62. The van der Waals surface area contributed by atoms with Gasteiger partial charge in [-0.15, -0.1) is 11.3 Å². The van der Waals surface area contributed by atoms with Gasteiger partial charge in [-0.1, -0.05) is 41.0 Å². The fraction of sp³-hybridized carbons (Fsp3) is 0.167. The molecule has 0 spiro atoms. The standard InChI is InChI=1S/C18H16ClN5OS/c1-24(2)10-11-3-5-12(6-4-11)17-21-18(25-23-17)13-9-20-22-16(13)14-7-8-15(19)26-14/h3-9H,10H2,1-2H3,(H,20,22). The molecule has 3 aromatic heterocycles. The molecular formula is C18H16ClN5OS. The molecule has 0 bridgehead atoms. The molecule has 8 heteroatoms. The van der Waals surface area contributed by atoms with Gasteiger partial charge in [0.1, 0.15) is 0 Å². The highest BCUT2D eigenvalue weighted by Gasteiger charge is 2.18. The molecule has 0 unspecified atom stereocenters. The fourth-order valence-electron chi connectivity index (χ4n) is 2.66. The van der Waals surface area contributed by atoms with Gasteiger partial charge in [-0.25, -0.2) is 0 Å². The van der Waals surface area contributed by atoms with Crippen molar-refractivity contribution in [1.82, 2.24) is 25.2 Å². The van der Waals surface area contributed by atoms with Crippen LogP contribution in [0.15, 0.2) is 47.1 Å². The monoisotopic (exact) mass is 385 g/mol. The van der Waals surface area contributed by atoms with Gasteiger partial charge in [-0.05, 0) is 31.8 Å². The number of thiophene rings is 1. The van der Waals surface area contributed by atoms with Crippen molar-refractivity contribution < 1.29 is 4.52 Å². The van der Waals surface area contributed by atoms with E-state index >= 15 is 0 Å². The summed E-state index contributed by atoms with van der Waals surface area (Å²) in [5, 5.41) is 11.2. The van der Waals surface area contributed by atoms with Crippen LogP contribution in [0.25, 0.3) is 33.4 Å². The molecule has 0 radical (unpaired) electrons. The lowest BCUT2D eigenvalue weighted by Gasteiger charge is -2.09. The number of hydrogen-bond acceptors (Lipinski definition) is 6. The van der Waals surface area contributed by atoms with Crippen molar-refractivity contribution in [3.63, 3.8) is 0 Å². The third-order valence-electron chi connectivity index (χ3n) is 3.83. The molecule has 3 heterocycles. The van der Waals surface area contributed by atoms with Gasteiger partial charge in [0.25, 0.3) is 5.89 Å². The molecule has 0 aliphatic rings. The van der Waals surface area contributed by atoms with Crippen LogP contribution in [0.3, 0.4) is 0 Å². The highest BCUT2D eigenvalue weighted by molar-refractivity contribution is 7.19. The van der Waals surface area contributed by atoms with E-state index in [0.29, 0.717) is 16.1 Å². The molecule has 4 aromatic rings. The summed E-state index contributed by atoms with van der Waals surface area (Å²) in [5.74, 6) is 0.971. The van der Waals surface area contributed by atoms with Gasteiger partial charge in [-0.2, -0.15) is 10.1 Å².